The number of amides is 1. The normalized spacial score (nSPS) is 14.5. The molecular weight excluding hydrogens is 447 g/mol. The average Bonchev–Trinajstić information content (AvgIpc) is 3.48. The molecule has 1 N–H and O–H groups in total. The van der Waals surface area contributed by atoms with Crippen LogP contribution in [-0.2, 0) is 0 Å². The maximum Gasteiger partial charge on any atom is 0.324 e. The second kappa shape index (κ2) is 8.66. The first-order valence-corrected chi connectivity index (χ1v) is 11.4. The van der Waals surface area contributed by atoms with Gasteiger partial charge in [-0.25, -0.2) is 19.0 Å². The van der Waals surface area contributed by atoms with Crippen molar-refractivity contribution >= 4 is 39.1 Å². The molecule has 9 nitrogen and oxygen atoms in total. The number of thiophene rings is 1. The molecule has 5 rings (SSSR count). The third kappa shape index (κ3) is 4.07. The van der Waals surface area contributed by atoms with Gasteiger partial charge in [-0.3, -0.25) is 14.9 Å². The number of benzene rings is 1. The fourth-order valence-corrected chi connectivity index (χ4v) is 4.81. The molecule has 3 aromatic heterocycles. The molecule has 0 unspecified atom stereocenters. The Morgan fingerprint density at radius 1 is 1.15 bits per heavy atom. The van der Waals surface area contributed by atoms with Crippen LogP contribution in [0.4, 0.5) is 15.2 Å². The first-order chi connectivity index (χ1) is 16.0. The predicted octanol–water partition coefficient (Wildman–Crippen LogP) is 5.36. The molecule has 1 fully saturated rings. The summed E-state index contributed by atoms with van der Waals surface area (Å²) in [5.41, 5.74) is 0.723. The molecule has 0 atom stereocenters. The second-order valence-electron chi connectivity index (χ2n) is 7.84. The van der Waals surface area contributed by atoms with E-state index in [1.165, 1.54) is 24.6 Å². The van der Waals surface area contributed by atoms with Crippen molar-refractivity contribution in [3.8, 4) is 11.4 Å². The molecule has 168 valence electrons. The summed E-state index contributed by atoms with van der Waals surface area (Å²) in [6, 6.07) is 9.00. The highest BCUT2D eigenvalue weighted by molar-refractivity contribution is 7.17. The molecule has 3 heterocycles. The number of carbonyl (C=O) groups is 1. The second-order valence-corrected chi connectivity index (χ2v) is 8.91. The van der Waals surface area contributed by atoms with Gasteiger partial charge in [0.05, 0.1) is 33.0 Å². The number of aromatic nitrogens is 4. The number of hydrogen-bond donors (Lipinski definition) is 1. The van der Waals surface area contributed by atoms with E-state index in [1.54, 1.807) is 24.4 Å². The monoisotopic (exact) mass is 466 g/mol. The lowest BCUT2D eigenvalue weighted by atomic mass is 9.96. The minimum Gasteiger partial charge on any atom is -0.305 e. The van der Waals surface area contributed by atoms with E-state index in [0.29, 0.717) is 11.0 Å². The molecule has 1 aliphatic rings. The van der Waals surface area contributed by atoms with E-state index in [1.807, 2.05) is 4.68 Å². The molecule has 0 saturated heterocycles. The van der Waals surface area contributed by atoms with Crippen molar-refractivity contribution < 1.29 is 14.1 Å². The minimum atomic E-state index is -0.547. The Labute approximate surface area is 191 Å². The van der Waals surface area contributed by atoms with Gasteiger partial charge in [-0.2, -0.15) is 5.10 Å². The van der Waals surface area contributed by atoms with Crippen molar-refractivity contribution in [2.24, 2.45) is 0 Å². The van der Waals surface area contributed by atoms with E-state index in [0.717, 1.165) is 37.0 Å². The maximum atomic E-state index is 14.5. The number of nitrogens with one attached hydrogen (secondary N) is 1. The van der Waals surface area contributed by atoms with Gasteiger partial charge in [0.25, 0.3) is 5.91 Å². The van der Waals surface area contributed by atoms with Gasteiger partial charge in [-0.15, -0.1) is 0 Å². The topological polar surface area (TPSA) is 116 Å². The number of fused-ring (bicyclic) bond motifs is 1. The SMILES string of the molecule is O=C(Nc1nc(-c2ccccc2F)nc2c1cnn2C1CCCCC1)c1ccc([N+](=O)[O-])s1. The van der Waals surface area contributed by atoms with Crippen LogP contribution in [0.3, 0.4) is 0 Å². The summed E-state index contributed by atoms with van der Waals surface area (Å²) >= 11 is 0.769. The number of anilines is 1. The van der Waals surface area contributed by atoms with Crippen molar-refractivity contribution in [2.75, 3.05) is 5.32 Å². The molecule has 11 heteroatoms. The first-order valence-electron chi connectivity index (χ1n) is 10.6. The van der Waals surface area contributed by atoms with Crippen LogP contribution in [0, 0.1) is 15.9 Å². The third-order valence-corrected chi connectivity index (χ3v) is 6.75. The number of hydrogen-bond acceptors (Lipinski definition) is 7. The molecule has 0 aliphatic heterocycles. The van der Waals surface area contributed by atoms with Gasteiger partial charge in [0.2, 0.25) is 0 Å². The standard InChI is InChI=1S/C22H19FN6O3S/c23-16-9-5-4-8-14(16)19-25-20(27-22(30)17-10-11-18(33-17)29(31)32)15-12-24-28(21(15)26-19)13-6-2-1-3-7-13/h4-5,8-13H,1-3,6-7H2,(H,25,26,27,30). The van der Waals surface area contributed by atoms with Crippen molar-refractivity contribution in [2.45, 2.75) is 38.1 Å². The molecule has 0 radical (unpaired) electrons. The molecule has 4 aromatic rings. The third-order valence-electron chi connectivity index (χ3n) is 5.72. The van der Waals surface area contributed by atoms with E-state index in [-0.39, 0.29) is 33.1 Å². The molecule has 0 spiro atoms. The summed E-state index contributed by atoms with van der Waals surface area (Å²) in [6.07, 6.45) is 6.91. The summed E-state index contributed by atoms with van der Waals surface area (Å²) in [7, 11) is 0. The largest absolute Gasteiger partial charge is 0.324 e. The Balaban J connectivity index is 1.60. The Morgan fingerprint density at radius 2 is 1.94 bits per heavy atom. The summed E-state index contributed by atoms with van der Waals surface area (Å²) in [4.78, 5) is 32.5. The van der Waals surface area contributed by atoms with Crippen LogP contribution < -0.4 is 5.32 Å². The van der Waals surface area contributed by atoms with Crippen LogP contribution >= 0.6 is 11.3 Å². The van der Waals surface area contributed by atoms with Crippen LogP contribution in [0.5, 0.6) is 0 Å². The molecule has 33 heavy (non-hydrogen) atoms. The van der Waals surface area contributed by atoms with Gasteiger partial charge in [0.15, 0.2) is 11.5 Å². The van der Waals surface area contributed by atoms with Gasteiger partial charge in [0, 0.05) is 6.07 Å². The smallest absolute Gasteiger partial charge is 0.305 e. The van der Waals surface area contributed by atoms with Crippen LogP contribution in [0.1, 0.15) is 47.8 Å². The zero-order chi connectivity index (χ0) is 22.9. The maximum absolute atomic E-state index is 14.5. The van der Waals surface area contributed by atoms with Gasteiger partial charge < -0.3 is 5.32 Å². The number of carbonyl (C=O) groups excluding carboxylic acids is 1. The summed E-state index contributed by atoms with van der Waals surface area (Å²) in [5, 5.41) is 18.6. The number of halogens is 1. The Morgan fingerprint density at radius 3 is 2.67 bits per heavy atom. The highest BCUT2D eigenvalue weighted by Crippen LogP contribution is 2.33. The molecule has 1 amide bonds. The van der Waals surface area contributed by atoms with E-state index in [2.05, 4.69) is 20.4 Å². The van der Waals surface area contributed by atoms with Crippen molar-refractivity contribution in [3.63, 3.8) is 0 Å². The molecule has 1 aliphatic carbocycles. The van der Waals surface area contributed by atoms with Crippen LogP contribution in [-0.4, -0.2) is 30.6 Å². The fraction of sp³-hybridized carbons (Fsp3) is 0.273. The van der Waals surface area contributed by atoms with Gasteiger partial charge in [-0.05, 0) is 31.0 Å². The van der Waals surface area contributed by atoms with Crippen LogP contribution in [0.25, 0.3) is 22.4 Å². The van der Waals surface area contributed by atoms with E-state index >= 15 is 0 Å². The zero-order valence-corrected chi connectivity index (χ0v) is 18.2. The lowest BCUT2D eigenvalue weighted by Gasteiger charge is -2.22. The van der Waals surface area contributed by atoms with Crippen molar-refractivity contribution in [1.82, 2.24) is 19.7 Å². The highest BCUT2D eigenvalue weighted by Gasteiger charge is 2.24. The summed E-state index contributed by atoms with van der Waals surface area (Å²) in [5.74, 6) is -0.711. The lowest BCUT2D eigenvalue weighted by Crippen LogP contribution is -2.16. The Hall–Kier alpha value is -3.73. The van der Waals surface area contributed by atoms with Crippen LogP contribution in [0.15, 0.2) is 42.6 Å². The Kier molecular flexibility index (Phi) is 5.55. The van der Waals surface area contributed by atoms with E-state index < -0.39 is 16.6 Å². The molecule has 0 bridgehead atoms. The summed E-state index contributed by atoms with van der Waals surface area (Å²) < 4.78 is 16.4. The number of rotatable bonds is 5. The fourth-order valence-electron chi connectivity index (χ4n) is 4.09. The number of nitrogens with zero attached hydrogens (tertiary/aromatic N) is 5. The van der Waals surface area contributed by atoms with Gasteiger partial charge >= 0.3 is 5.00 Å². The molecule has 1 aromatic carbocycles. The minimum absolute atomic E-state index is 0.130. The van der Waals surface area contributed by atoms with E-state index in [4.69, 9.17) is 0 Å². The predicted molar refractivity (Wildman–Crippen MR) is 122 cm³/mol. The van der Waals surface area contributed by atoms with Gasteiger partial charge in [-0.1, -0.05) is 42.7 Å². The summed E-state index contributed by atoms with van der Waals surface area (Å²) in [6.45, 7) is 0. The molecular formula is C22H19FN6O3S. The zero-order valence-electron chi connectivity index (χ0n) is 17.4. The quantitative estimate of drug-likeness (QED) is 0.313. The number of nitro groups is 1. The first kappa shape index (κ1) is 21.1. The van der Waals surface area contributed by atoms with Crippen molar-refractivity contribution in [3.05, 3.63) is 63.4 Å². The van der Waals surface area contributed by atoms with Gasteiger partial charge in [0.1, 0.15) is 11.6 Å². The van der Waals surface area contributed by atoms with Crippen LogP contribution in [0.2, 0.25) is 0 Å². The van der Waals surface area contributed by atoms with E-state index in [9.17, 15) is 19.3 Å². The Bertz CT molecular complexity index is 1360. The lowest BCUT2D eigenvalue weighted by molar-refractivity contribution is -0.380. The highest BCUT2D eigenvalue weighted by atomic mass is 32.1. The molecule has 1 saturated carbocycles. The average molecular weight is 466 g/mol. The van der Waals surface area contributed by atoms with Crippen molar-refractivity contribution in [1.29, 1.82) is 0 Å².